The second kappa shape index (κ2) is 8.81. The van der Waals surface area contributed by atoms with Gasteiger partial charge in [-0.15, -0.1) is 0 Å². The van der Waals surface area contributed by atoms with Crippen LogP contribution in [0.4, 0.5) is 0 Å². The van der Waals surface area contributed by atoms with Gasteiger partial charge in [0.25, 0.3) is 5.91 Å². The molecule has 0 aliphatic carbocycles. The van der Waals surface area contributed by atoms with Crippen LogP contribution in [-0.2, 0) is 11.2 Å². The number of nitrogens with zero attached hydrogens (tertiary/aromatic N) is 3. The van der Waals surface area contributed by atoms with E-state index in [1.807, 2.05) is 26.8 Å². The molecule has 158 valence electrons. The molecule has 30 heavy (non-hydrogen) atoms. The first kappa shape index (κ1) is 21.1. The number of amides is 2. The highest BCUT2D eigenvalue weighted by Crippen LogP contribution is 2.27. The zero-order valence-corrected chi connectivity index (χ0v) is 17.7. The minimum absolute atomic E-state index is 0.196. The number of aryl methyl sites for hydroxylation is 3. The average Bonchev–Trinajstić information content (AvgIpc) is 3.11. The van der Waals surface area contributed by atoms with Crippen LogP contribution in [0.1, 0.15) is 39.4 Å². The van der Waals surface area contributed by atoms with Crippen molar-refractivity contribution in [1.29, 1.82) is 0 Å². The van der Waals surface area contributed by atoms with Crippen LogP contribution in [0.25, 0.3) is 5.65 Å². The lowest BCUT2D eigenvalue weighted by molar-refractivity contribution is -0.121. The van der Waals surface area contributed by atoms with E-state index < -0.39 is 5.91 Å². The molecule has 0 atom stereocenters. The van der Waals surface area contributed by atoms with Crippen LogP contribution in [0.15, 0.2) is 24.3 Å². The lowest BCUT2D eigenvalue weighted by Crippen LogP contribution is -2.41. The molecule has 0 unspecified atom stereocenters. The quantitative estimate of drug-likeness (QED) is 0.602. The van der Waals surface area contributed by atoms with Crippen molar-refractivity contribution in [2.45, 2.75) is 33.6 Å². The van der Waals surface area contributed by atoms with Crippen LogP contribution in [0.5, 0.6) is 11.5 Å². The molecule has 0 fully saturated rings. The zero-order valence-electron chi connectivity index (χ0n) is 17.7. The van der Waals surface area contributed by atoms with Crippen molar-refractivity contribution in [1.82, 2.24) is 25.4 Å². The van der Waals surface area contributed by atoms with Crippen LogP contribution in [0.2, 0.25) is 0 Å². The Bertz CT molecular complexity index is 1110. The molecule has 0 bridgehead atoms. The summed E-state index contributed by atoms with van der Waals surface area (Å²) < 4.78 is 12.1. The van der Waals surface area contributed by atoms with E-state index in [1.165, 1.54) is 14.2 Å². The number of benzene rings is 1. The van der Waals surface area contributed by atoms with Gasteiger partial charge in [0.05, 0.1) is 19.9 Å². The maximum absolute atomic E-state index is 12.3. The number of carbonyl (C=O) groups excluding carboxylic acids is 2. The van der Waals surface area contributed by atoms with Gasteiger partial charge < -0.3 is 9.47 Å². The summed E-state index contributed by atoms with van der Waals surface area (Å²) in [4.78, 5) is 29.1. The second-order valence-corrected chi connectivity index (χ2v) is 6.89. The first-order valence-corrected chi connectivity index (χ1v) is 9.47. The normalized spacial score (nSPS) is 10.7. The summed E-state index contributed by atoms with van der Waals surface area (Å²) in [5, 5.41) is 4.44. The van der Waals surface area contributed by atoms with Crippen LogP contribution < -0.4 is 20.3 Å². The topological polar surface area (TPSA) is 107 Å². The van der Waals surface area contributed by atoms with E-state index in [-0.39, 0.29) is 12.3 Å². The molecular formula is C21H25N5O4. The minimum Gasteiger partial charge on any atom is -0.493 e. The number of hydrogen-bond donors (Lipinski definition) is 2. The summed E-state index contributed by atoms with van der Waals surface area (Å²) in [7, 11) is 3.00. The molecule has 0 aliphatic rings. The fraction of sp³-hybridized carbons (Fsp3) is 0.333. The molecule has 9 heteroatoms. The largest absolute Gasteiger partial charge is 0.493 e. The van der Waals surface area contributed by atoms with E-state index >= 15 is 0 Å². The van der Waals surface area contributed by atoms with Crippen molar-refractivity contribution in [3.05, 3.63) is 52.5 Å². The standard InChI is InChI=1S/C21H25N5O4/c1-12-10-19-22-13(2)16(14(3)26(19)25-12)7-9-20(27)23-24-21(28)15-6-8-17(29-4)18(11-15)30-5/h6,8,10-11H,7,9H2,1-5H3,(H,23,27)(H,24,28). The van der Waals surface area contributed by atoms with E-state index in [1.54, 1.807) is 22.7 Å². The third-order valence-electron chi connectivity index (χ3n) is 4.85. The molecule has 2 amide bonds. The lowest BCUT2D eigenvalue weighted by atomic mass is 10.1. The summed E-state index contributed by atoms with van der Waals surface area (Å²) in [6.07, 6.45) is 0.679. The van der Waals surface area contributed by atoms with Crippen molar-refractivity contribution in [3.8, 4) is 11.5 Å². The Labute approximate surface area is 174 Å². The zero-order chi connectivity index (χ0) is 21.8. The fourth-order valence-electron chi connectivity index (χ4n) is 3.28. The number of methoxy groups -OCH3 is 2. The van der Waals surface area contributed by atoms with E-state index in [4.69, 9.17) is 9.47 Å². The van der Waals surface area contributed by atoms with Crippen molar-refractivity contribution >= 4 is 17.5 Å². The van der Waals surface area contributed by atoms with Gasteiger partial charge in [0.1, 0.15) is 0 Å². The molecule has 0 radical (unpaired) electrons. The lowest BCUT2D eigenvalue weighted by Gasteiger charge is -2.12. The van der Waals surface area contributed by atoms with Gasteiger partial charge in [-0.05, 0) is 51.0 Å². The summed E-state index contributed by atoms with van der Waals surface area (Å²) >= 11 is 0. The number of hydrazine groups is 1. The van der Waals surface area contributed by atoms with Crippen molar-refractivity contribution in [2.75, 3.05) is 14.2 Å². The van der Waals surface area contributed by atoms with Gasteiger partial charge in [-0.2, -0.15) is 5.10 Å². The van der Waals surface area contributed by atoms with Gasteiger partial charge in [-0.1, -0.05) is 0 Å². The van der Waals surface area contributed by atoms with Crippen LogP contribution in [0, 0.1) is 20.8 Å². The molecule has 0 saturated heterocycles. The Morgan fingerprint density at radius 1 is 1.03 bits per heavy atom. The molecular weight excluding hydrogens is 386 g/mol. The SMILES string of the molecule is COc1ccc(C(=O)NNC(=O)CCc2c(C)nc3cc(C)nn3c2C)cc1OC. The van der Waals surface area contributed by atoms with E-state index in [0.717, 1.165) is 28.3 Å². The summed E-state index contributed by atoms with van der Waals surface area (Å²) in [6.45, 7) is 5.79. The maximum atomic E-state index is 12.3. The fourth-order valence-corrected chi connectivity index (χ4v) is 3.28. The molecule has 3 aromatic rings. The van der Waals surface area contributed by atoms with E-state index in [0.29, 0.717) is 23.5 Å². The smallest absolute Gasteiger partial charge is 0.269 e. The average molecular weight is 411 g/mol. The number of aromatic nitrogens is 3. The van der Waals surface area contributed by atoms with Gasteiger partial charge >= 0.3 is 0 Å². The van der Waals surface area contributed by atoms with E-state index in [2.05, 4.69) is 20.9 Å². The predicted octanol–water partition coefficient (Wildman–Crippen LogP) is 2.07. The monoisotopic (exact) mass is 411 g/mol. The van der Waals surface area contributed by atoms with Crippen LogP contribution in [0.3, 0.4) is 0 Å². The van der Waals surface area contributed by atoms with Gasteiger partial charge in [-0.3, -0.25) is 20.4 Å². The van der Waals surface area contributed by atoms with Gasteiger partial charge in [0.15, 0.2) is 17.1 Å². The highest BCUT2D eigenvalue weighted by atomic mass is 16.5. The van der Waals surface area contributed by atoms with Gasteiger partial charge in [0.2, 0.25) is 5.91 Å². The van der Waals surface area contributed by atoms with Crippen molar-refractivity contribution in [2.24, 2.45) is 0 Å². The summed E-state index contributed by atoms with van der Waals surface area (Å²) in [5.41, 5.74) is 9.65. The molecule has 0 spiro atoms. The molecule has 2 N–H and O–H groups in total. The van der Waals surface area contributed by atoms with Gasteiger partial charge in [0, 0.05) is 29.4 Å². The number of hydrogen-bond acceptors (Lipinski definition) is 6. The van der Waals surface area contributed by atoms with Crippen molar-refractivity contribution in [3.63, 3.8) is 0 Å². The molecule has 9 nitrogen and oxygen atoms in total. The minimum atomic E-state index is -0.452. The van der Waals surface area contributed by atoms with Crippen LogP contribution >= 0.6 is 0 Å². The Balaban J connectivity index is 1.60. The maximum Gasteiger partial charge on any atom is 0.269 e. The molecule has 2 heterocycles. The first-order valence-electron chi connectivity index (χ1n) is 9.47. The summed E-state index contributed by atoms with van der Waals surface area (Å²) in [6, 6.07) is 6.67. The van der Waals surface area contributed by atoms with E-state index in [9.17, 15) is 9.59 Å². The van der Waals surface area contributed by atoms with Crippen LogP contribution in [-0.4, -0.2) is 40.6 Å². The number of rotatable bonds is 6. The highest BCUT2D eigenvalue weighted by Gasteiger charge is 2.14. The number of ether oxygens (including phenoxy) is 2. The highest BCUT2D eigenvalue weighted by molar-refractivity contribution is 5.96. The molecule has 0 aliphatic heterocycles. The van der Waals surface area contributed by atoms with Gasteiger partial charge in [-0.25, -0.2) is 9.50 Å². The molecule has 2 aromatic heterocycles. The Morgan fingerprint density at radius 2 is 1.77 bits per heavy atom. The molecule has 3 rings (SSSR count). The molecule has 0 saturated carbocycles. The Kier molecular flexibility index (Phi) is 6.20. The first-order chi connectivity index (χ1) is 14.3. The second-order valence-electron chi connectivity index (χ2n) is 6.89. The Hall–Kier alpha value is -3.62. The number of fused-ring (bicyclic) bond motifs is 1. The number of carbonyl (C=O) groups is 2. The summed E-state index contributed by atoms with van der Waals surface area (Å²) in [5.74, 6) is 0.187. The number of nitrogens with one attached hydrogen (secondary N) is 2. The van der Waals surface area contributed by atoms with Crippen molar-refractivity contribution < 1.29 is 19.1 Å². The Morgan fingerprint density at radius 3 is 2.47 bits per heavy atom. The predicted molar refractivity (Wildman–Crippen MR) is 111 cm³/mol. The third kappa shape index (κ3) is 4.35. The third-order valence-corrected chi connectivity index (χ3v) is 4.85. The molecule has 1 aromatic carbocycles.